The van der Waals surface area contributed by atoms with Gasteiger partial charge in [0.15, 0.2) is 0 Å². The molecule has 1 saturated heterocycles. The molecule has 1 aromatic rings. The van der Waals surface area contributed by atoms with Crippen molar-refractivity contribution in [2.45, 2.75) is 77.3 Å². The highest BCUT2D eigenvalue weighted by Crippen LogP contribution is 2.29. The molecule has 0 bridgehead atoms. The average molecular weight is 571 g/mol. The van der Waals surface area contributed by atoms with Gasteiger partial charge in [-0.2, -0.15) is 13.2 Å². The normalized spacial score (nSPS) is 15.4. The van der Waals surface area contributed by atoms with E-state index in [1.807, 2.05) is 0 Å². The number of nitrogens with zero attached hydrogens (tertiary/aromatic N) is 3. The topological polar surface area (TPSA) is 127 Å². The molecule has 10 nitrogen and oxygen atoms in total. The van der Waals surface area contributed by atoms with Gasteiger partial charge in [-0.25, -0.2) is 0 Å². The molecule has 0 aliphatic carbocycles. The first-order valence-corrected chi connectivity index (χ1v) is 13.0. The fourth-order valence-corrected chi connectivity index (χ4v) is 4.83. The number of carboxylic acid groups (broad SMARTS) is 1. The first-order valence-electron chi connectivity index (χ1n) is 13.0. The second-order valence-corrected chi connectivity index (χ2v) is 10.7. The lowest BCUT2D eigenvalue weighted by atomic mass is 9.95. The number of likely N-dealkylation sites (N-methyl/N-ethyl adjacent to an activating group) is 1. The van der Waals surface area contributed by atoms with Crippen LogP contribution in [0.1, 0.15) is 52.5 Å². The zero-order valence-corrected chi connectivity index (χ0v) is 23.3. The summed E-state index contributed by atoms with van der Waals surface area (Å²) in [6, 6.07) is 5.19. The largest absolute Gasteiger partial charge is 0.481 e. The smallest absolute Gasteiger partial charge is 0.471 e. The molecule has 1 aromatic carbocycles. The van der Waals surface area contributed by atoms with E-state index in [-0.39, 0.29) is 0 Å². The Kier molecular flexibility index (Phi) is 10.7. The van der Waals surface area contributed by atoms with Crippen LogP contribution in [0, 0.1) is 5.92 Å². The van der Waals surface area contributed by atoms with Crippen LogP contribution in [-0.4, -0.2) is 93.3 Å². The Morgan fingerprint density at radius 3 is 2.02 bits per heavy atom. The number of rotatable bonds is 11. The molecule has 1 unspecified atom stereocenters. The lowest BCUT2D eigenvalue weighted by molar-refractivity contribution is -0.194. The zero-order chi connectivity index (χ0) is 30.4. The predicted octanol–water partition coefficient (Wildman–Crippen LogP) is 2.42. The molecule has 2 rings (SSSR count). The van der Waals surface area contributed by atoms with E-state index in [1.54, 1.807) is 32.0 Å². The molecule has 40 heavy (non-hydrogen) atoms. The maximum atomic E-state index is 13.7. The van der Waals surface area contributed by atoms with Crippen molar-refractivity contribution in [3.63, 3.8) is 0 Å². The summed E-state index contributed by atoms with van der Waals surface area (Å²) in [7, 11) is 1.22. The Morgan fingerprint density at radius 1 is 1.00 bits per heavy atom. The molecule has 1 aliphatic heterocycles. The maximum absolute atomic E-state index is 13.7. The SMILES string of the molecule is CC(C)C(C(=O)N[C@@H](CC(=O)O)C(=O)N1CCCC1)N(C)C(=O)C(C)(C)N(Cc1ccccc1)C(=O)C(F)(F)F. The van der Waals surface area contributed by atoms with Gasteiger partial charge in [-0.3, -0.25) is 24.0 Å². The molecule has 2 N–H and O–H groups in total. The summed E-state index contributed by atoms with van der Waals surface area (Å²) in [6.07, 6.45) is -4.45. The van der Waals surface area contributed by atoms with Gasteiger partial charge < -0.3 is 25.1 Å². The van der Waals surface area contributed by atoms with E-state index in [0.29, 0.717) is 23.6 Å². The monoisotopic (exact) mass is 570 g/mol. The molecule has 222 valence electrons. The Morgan fingerprint density at radius 2 is 1.55 bits per heavy atom. The van der Waals surface area contributed by atoms with E-state index in [2.05, 4.69) is 5.32 Å². The van der Waals surface area contributed by atoms with Crippen molar-refractivity contribution in [1.29, 1.82) is 0 Å². The zero-order valence-electron chi connectivity index (χ0n) is 23.3. The van der Waals surface area contributed by atoms with E-state index in [9.17, 15) is 42.3 Å². The van der Waals surface area contributed by atoms with Crippen molar-refractivity contribution in [1.82, 2.24) is 20.0 Å². The molecule has 0 aromatic heterocycles. The van der Waals surface area contributed by atoms with Crippen LogP contribution in [-0.2, 0) is 30.5 Å². The van der Waals surface area contributed by atoms with Crippen molar-refractivity contribution in [2.75, 3.05) is 20.1 Å². The molecule has 1 heterocycles. The number of likely N-dealkylation sites (tertiary alicyclic amines) is 1. The van der Waals surface area contributed by atoms with E-state index in [4.69, 9.17) is 0 Å². The van der Waals surface area contributed by atoms with Gasteiger partial charge in [-0.05, 0) is 38.2 Å². The molecule has 4 amide bonds. The van der Waals surface area contributed by atoms with E-state index in [1.165, 1.54) is 24.1 Å². The maximum Gasteiger partial charge on any atom is 0.471 e. The third-order valence-corrected chi connectivity index (χ3v) is 6.92. The van der Waals surface area contributed by atoms with Crippen molar-refractivity contribution in [3.05, 3.63) is 35.9 Å². The summed E-state index contributed by atoms with van der Waals surface area (Å²) < 4.78 is 40.8. The van der Waals surface area contributed by atoms with Crippen LogP contribution in [0.3, 0.4) is 0 Å². The highest BCUT2D eigenvalue weighted by atomic mass is 19.4. The van der Waals surface area contributed by atoms with Crippen molar-refractivity contribution in [2.24, 2.45) is 5.92 Å². The highest BCUT2D eigenvalue weighted by Gasteiger charge is 2.51. The first-order chi connectivity index (χ1) is 18.5. The van der Waals surface area contributed by atoms with Gasteiger partial charge in [-0.15, -0.1) is 0 Å². The minimum atomic E-state index is -5.26. The molecule has 0 saturated carbocycles. The number of carbonyl (C=O) groups is 5. The number of hydrogen-bond donors (Lipinski definition) is 2. The molecule has 1 aliphatic rings. The number of benzene rings is 1. The Balaban J connectivity index is 2.36. The van der Waals surface area contributed by atoms with Crippen LogP contribution in [0.2, 0.25) is 0 Å². The second kappa shape index (κ2) is 13.1. The molecule has 13 heteroatoms. The minimum absolute atomic E-state index is 0.360. The number of amides is 4. The minimum Gasteiger partial charge on any atom is -0.481 e. The summed E-state index contributed by atoms with van der Waals surface area (Å²) in [4.78, 5) is 66.8. The highest BCUT2D eigenvalue weighted by molar-refractivity contribution is 5.97. The first kappa shape index (κ1) is 32.6. The van der Waals surface area contributed by atoms with Gasteiger partial charge >= 0.3 is 18.1 Å². The van der Waals surface area contributed by atoms with Gasteiger partial charge in [0.25, 0.3) is 0 Å². The summed E-state index contributed by atoms with van der Waals surface area (Å²) >= 11 is 0. The number of nitrogens with one attached hydrogen (secondary N) is 1. The molecular weight excluding hydrogens is 533 g/mol. The van der Waals surface area contributed by atoms with E-state index >= 15 is 0 Å². The fraction of sp³-hybridized carbons (Fsp3) is 0.593. The molecule has 2 atom stereocenters. The van der Waals surface area contributed by atoms with Crippen LogP contribution in [0.15, 0.2) is 30.3 Å². The quantitative estimate of drug-likeness (QED) is 0.421. The fourth-order valence-electron chi connectivity index (χ4n) is 4.83. The molecular formula is C27H37F3N4O6. The second-order valence-electron chi connectivity index (χ2n) is 10.7. The third-order valence-electron chi connectivity index (χ3n) is 6.92. The Bertz CT molecular complexity index is 1090. The number of halogens is 3. The number of hydrogen-bond acceptors (Lipinski definition) is 5. The summed E-state index contributed by atoms with van der Waals surface area (Å²) in [6.45, 7) is 5.85. The Labute approximate surface area is 231 Å². The lowest BCUT2D eigenvalue weighted by Crippen LogP contribution is -2.63. The number of aliphatic carboxylic acids is 1. The predicted molar refractivity (Wildman–Crippen MR) is 139 cm³/mol. The summed E-state index contributed by atoms with van der Waals surface area (Å²) in [5.74, 6) is -6.46. The molecule has 1 fully saturated rings. The average Bonchev–Trinajstić information content (AvgIpc) is 3.40. The number of carboxylic acids is 1. The van der Waals surface area contributed by atoms with E-state index in [0.717, 1.165) is 31.6 Å². The summed E-state index contributed by atoms with van der Waals surface area (Å²) in [5.41, 5.74) is -1.69. The van der Waals surface area contributed by atoms with Crippen molar-refractivity contribution in [3.8, 4) is 0 Å². The van der Waals surface area contributed by atoms with Crippen LogP contribution in [0.25, 0.3) is 0 Å². The van der Waals surface area contributed by atoms with Gasteiger partial charge in [0.1, 0.15) is 17.6 Å². The lowest BCUT2D eigenvalue weighted by Gasteiger charge is -2.42. The third kappa shape index (κ3) is 7.95. The standard InChI is InChI=1S/C27H37F3N4O6/c1-17(2)21(22(37)31-19(15-20(35)36)23(38)33-13-9-10-14-33)32(5)24(39)26(3,4)34(25(40)27(28,29)30)16-18-11-7-6-8-12-18/h6-8,11-12,17,19,21H,9-10,13-16H2,1-5H3,(H,31,37)(H,35,36)/t19-,21?/m0/s1. The van der Waals surface area contributed by atoms with Gasteiger partial charge in [-0.1, -0.05) is 44.2 Å². The molecule has 0 radical (unpaired) electrons. The van der Waals surface area contributed by atoms with Gasteiger partial charge in [0.05, 0.1) is 6.42 Å². The van der Waals surface area contributed by atoms with Gasteiger partial charge in [0, 0.05) is 26.7 Å². The van der Waals surface area contributed by atoms with Gasteiger partial charge in [0.2, 0.25) is 17.7 Å². The van der Waals surface area contributed by atoms with Crippen molar-refractivity contribution < 1.29 is 42.3 Å². The van der Waals surface area contributed by atoms with Crippen molar-refractivity contribution >= 4 is 29.6 Å². The Hall–Kier alpha value is -3.64. The van der Waals surface area contributed by atoms with E-state index < -0.39 is 72.3 Å². The number of alkyl halides is 3. The van der Waals surface area contributed by atoms with Crippen LogP contribution >= 0.6 is 0 Å². The van der Waals surface area contributed by atoms with Crippen LogP contribution in [0.5, 0.6) is 0 Å². The summed E-state index contributed by atoms with van der Waals surface area (Å²) in [5, 5.41) is 11.8. The molecule has 0 spiro atoms. The number of carbonyl (C=O) groups excluding carboxylic acids is 4. The van der Waals surface area contributed by atoms with Crippen LogP contribution < -0.4 is 5.32 Å². The van der Waals surface area contributed by atoms with Crippen LogP contribution in [0.4, 0.5) is 13.2 Å².